The number of hydrogen-bond donors (Lipinski definition) is 0. The fraction of sp³-hybridized carbons (Fsp3) is 0.333. The minimum absolute atomic E-state index is 0.0862. The highest BCUT2D eigenvalue weighted by Gasteiger charge is 2.09. The number of ketones is 1. The first-order valence-corrected chi connectivity index (χ1v) is 17.2. The molecule has 0 N–H and O–H groups in total. The molecule has 5 nitrogen and oxygen atoms in total. The number of allylic oxidation sites excluding steroid dienone is 1. The smallest absolute Gasteiger partial charge is 0.343 e. The number of hydrogen-bond acceptors (Lipinski definition) is 5. The summed E-state index contributed by atoms with van der Waals surface area (Å²) in [5, 5.41) is 0. The van der Waals surface area contributed by atoms with E-state index >= 15 is 0 Å². The molecule has 0 amide bonds. The van der Waals surface area contributed by atoms with Crippen molar-refractivity contribution in [1.82, 2.24) is 0 Å². The second kappa shape index (κ2) is 19.8. The van der Waals surface area contributed by atoms with Crippen molar-refractivity contribution in [2.75, 3.05) is 13.2 Å². The molecule has 0 aliphatic heterocycles. The van der Waals surface area contributed by atoms with Crippen molar-refractivity contribution in [2.24, 2.45) is 0 Å². The van der Waals surface area contributed by atoms with Crippen LogP contribution in [0.5, 0.6) is 17.2 Å². The molecular formula is C42H48O5. The second-order valence-corrected chi connectivity index (χ2v) is 11.8. The maximum atomic E-state index is 12.8. The molecule has 0 unspecified atom stereocenters. The maximum absolute atomic E-state index is 12.8. The normalized spacial score (nSPS) is 11.0. The zero-order valence-electron chi connectivity index (χ0n) is 27.9. The SMILES string of the molecule is CCCCCCCCCCOc1ccc(C(=O)Oc2ccc(/C=C/C(=O)c3ccc(-c4ccc(OCCCC)cc4)cc3)cc2)cc1. The van der Waals surface area contributed by atoms with Crippen LogP contribution in [-0.2, 0) is 0 Å². The van der Waals surface area contributed by atoms with Crippen molar-refractivity contribution >= 4 is 17.8 Å². The van der Waals surface area contributed by atoms with Crippen LogP contribution in [-0.4, -0.2) is 25.0 Å². The minimum Gasteiger partial charge on any atom is -0.494 e. The van der Waals surface area contributed by atoms with Gasteiger partial charge in [-0.15, -0.1) is 0 Å². The van der Waals surface area contributed by atoms with Crippen LogP contribution < -0.4 is 14.2 Å². The lowest BCUT2D eigenvalue weighted by molar-refractivity contribution is 0.0734. The zero-order valence-corrected chi connectivity index (χ0v) is 27.9. The van der Waals surface area contributed by atoms with Gasteiger partial charge in [0.2, 0.25) is 0 Å². The van der Waals surface area contributed by atoms with E-state index in [2.05, 4.69) is 13.8 Å². The van der Waals surface area contributed by atoms with Crippen molar-refractivity contribution in [3.05, 3.63) is 120 Å². The standard InChI is InChI=1S/C42H48O5/c1-3-5-7-8-9-10-11-12-32-46-39-28-22-37(23-29-39)42(44)47-40-24-13-33(14-25-40)15-30-41(43)36-18-16-34(17-19-36)35-20-26-38(27-21-35)45-31-6-4-2/h13-30H,3-12,31-32H2,1-2H3/b30-15+. The van der Waals surface area contributed by atoms with Crippen LogP contribution in [0.1, 0.15) is 104 Å². The van der Waals surface area contributed by atoms with Gasteiger partial charge in [-0.25, -0.2) is 4.79 Å². The van der Waals surface area contributed by atoms with E-state index < -0.39 is 5.97 Å². The molecule has 0 radical (unpaired) electrons. The molecule has 5 heteroatoms. The highest BCUT2D eigenvalue weighted by Crippen LogP contribution is 2.24. The Kier molecular flexibility index (Phi) is 14.8. The monoisotopic (exact) mass is 632 g/mol. The van der Waals surface area contributed by atoms with Crippen molar-refractivity contribution in [2.45, 2.75) is 78.1 Å². The first-order valence-electron chi connectivity index (χ1n) is 17.2. The molecule has 0 aliphatic carbocycles. The quantitative estimate of drug-likeness (QED) is 0.0319. The van der Waals surface area contributed by atoms with Gasteiger partial charge >= 0.3 is 5.97 Å². The summed E-state index contributed by atoms with van der Waals surface area (Å²) in [7, 11) is 0. The van der Waals surface area contributed by atoms with Crippen LogP contribution in [0, 0.1) is 0 Å². The lowest BCUT2D eigenvalue weighted by Crippen LogP contribution is -2.08. The predicted molar refractivity (Wildman–Crippen MR) is 192 cm³/mol. The Balaban J connectivity index is 1.19. The third kappa shape index (κ3) is 12.2. The zero-order chi connectivity index (χ0) is 33.1. The third-order valence-corrected chi connectivity index (χ3v) is 8.00. The van der Waals surface area contributed by atoms with Crippen molar-refractivity contribution in [3.8, 4) is 28.4 Å². The Hall–Kier alpha value is -4.64. The van der Waals surface area contributed by atoms with E-state index in [-0.39, 0.29) is 5.78 Å². The van der Waals surface area contributed by atoms with Crippen LogP contribution in [0.3, 0.4) is 0 Å². The molecule has 0 atom stereocenters. The van der Waals surface area contributed by atoms with E-state index in [1.54, 1.807) is 36.4 Å². The van der Waals surface area contributed by atoms with Crippen molar-refractivity contribution in [3.63, 3.8) is 0 Å². The number of carbonyl (C=O) groups is 2. The summed E-state index contributed by atoms with van der Waals surface area (Å²) >= 11 is 0. The third-order valence-electron chi connectivity index (χ3n) is 8.00. The average Bonchev–Trinajstić information content (AvgIpc) is 3.11. The molecule has 0 saturated heterocycles. The van der Waals surface area contributed by atoms with Crippen molar-refractivity contribution in [1.29, 1.82) is 0 Å². The van der Waals surface area contributed by atoms with Crippen LogP contribution in [0.25, 0.3) is 17.2 Å². The van der Waals surface area contributed by atoms with Crippen molar-refractivity contribution < 1.29 is 23.8 Å². The van der Waals surface area contributed by atoms with Gasteiger partial charge in [-0.05, 0) is 84.1 Å². The number of carbonyl (C=O) groups excluding carboxylic acids is 2. The summed E-state index contributed by atoms with van der Waals surface area (Å²) < 4.78 is 17.1. The minimum atomic E-state index is -0.433. The molecule has 0 aromatic heterocycles. The van der Waals surface area contributed by atoms with E-state index in [9.17, 15) is 9.59 Å². The van der Waals surface area contributed by atoms with Gasteiger partial charge in [0, 0.05) is 5.56 Å². The molecule has 4 aromatic rings. The molecule has 0 aliphatic rings. The van der Waals surface area contributed by atoms with E-state index in [0.29, 0.717) is 23.5 Å². The summed E-state index contributed by atoms with van der Waals surface area (Å²) in [4.78, 5) is 25.4. The Morgan fingerprint density at radius 1 is 0.511 bits per heavy atom. The first kappa shape index (κ1) is 35.2. The Labute approximate surface area is 280 Å². The van der Waals surface area contributed by atoms with Gasteiger partial charge < -0.3 is 14.2 Å². The number of rotatable bonds is 20. The van der Waals surface area contributed by atoms with Gasteiger partial charge in [-0.3, -0.25) is 4.79 Å². The summed E-state index contributed by atoms with van der Waals surface area (Å²) in [6.45, 7) is 5.79. The fourth-order valence-electron chi connectivity index (χ4n) is 5.10. The predicted octanol–water partition coefficient (Wildman–Crippen LogP) is 11.2. The summed E-state index contributed by atoms with van der Waals surface area (Å²) in [6, 6.07) is 29.7. The van der Waals surface area contributed by atoms with Gasteiger partial charge in [0.1, 0.15) is 17.2 Å². The van der Waals surface area contributed by atoms with E-state index in [1.165, 1.54) is 44.9 Å². The Morgan fingerprint density at radius 3 is 1.57 bits per heavy atom. The molecule has 0 bridgehead atoms. The maximum Gasteiger partial charge on any atom is 0.343 e. The molecular weight excluding hydrogens is 584 g/mol. The number of benzene rings is 4. The lowest BCUT2D eigenvalue weighted by Gasteiger charge is -2.08. The summed E-state index contributed by atoms with van der Waals surface area (Å²) in [6.07, 6.45) is 15.5. The van der Waals surface area contributed by atoms with Gasteiger partial charge in [0.15, 0.2) is 5.78 Å². The van der Waals surface area contributed by atoms with E-state index in [1.807, 2.05) is 72.8 Å². The topological polar surface area (TPSA) is 61.8 Å². The first-order chi connectivity index (χ1) is 23.1. The molecule has 0 fully saturated rings. The Bertz CT molecular complexity index is 1520. The highest BCUT2D eigenvalue weighted by molar-refractivity contribution is 6.07. The molecule has 47 heavy (non-hydrogen) atoms. The van der Waals surface area contributed by atoms with Gasteiger partial charge in [-0.2, -0.15) is 0 Å². The summed E-state index contributed by atoms with van der Waals surface area (Å²) in [5.74, 6) is 1.54. The van der Waals surface area contributed by atoms with E-state index in [0.717, 1.165) is 54.1 Å². The van der Waals surface area contributed by atoms with Crippen LogP contribution in [0.4, 0.5) is 0 Å². The van der Waals surface area contributed by atoms with Crippen LogP contribution in [0.2, 0.25) is 0 Å². The molecule has 0 heterocycles. The fourth-order valence-corrected chi connectivity index (χ4v) is 5.10. The molecule has 0 saturated carbocycles. The molecule has 4 rings (SSSR count). The number of esters is 1. The largest absolute Gasteiger partial charge is 0.494 e. The van der Waals surface area contributed by atoms with Gasteiger partial charge in [-0.1, -0.05) is 120 Å². The van der Waals surface area contributed by atoms with Gasteiger partial charge in [0.05, 0.1) is 18.8 Å². The second-order valence-electron chi connectivity index (χ2n) is 11.8. The van der Waals surface area contributed by atoms with Crippen LogP contribution >= 0.6 is 0 Å². The lowest BCUT2D eigenvalue weighted by atomic mass is 10.0. The average molecular weight is 633 g/mol. The summed E-state index contributed by atoms with van der Waals surface area (Å²) in [5.41, 5.74) is 4.00. The molecule has 4 aromatic carbocycles. The highest BCUT2D eigenvalue weighted by atomic mass is 16.5. The number of ether oxygens (including phenoxy) is 3. The molecule has 0 spiro atoms. The van der Waals surface area contributed by atoms with E-state index in [4.69, 9.17) is 14.2 Å². The molecule has 246 valence electrons. The Morgan fingerprint density at radius 2 is 0.979 bits per heavy atom. The number of unbranched alkanes of at least 4 members (excludes halogenated alkanes) is 8. The van der Waals surface area contributed by atoms with Gasteiger partial charge in [0.25, 0.3) is 0 Å². The van der Waals surface area contributed by atoms with Crippen LogP contribution in [0.15, 0.2) is 103 Å².